The standard InChI is InChI=1S/C17H22FN3O2/c1-3-19-16(20-11-13-7-4-5-8-14(13)18)21-12-17(2,22)15-9-6-10-23-15/h4-10,22H,3,11-12H2,1-2H3,(H2,19,20,21). The van der Waals surface area contributed by atoms with Gasteiger partial charge in [-0.1, -0.05) is 18.2 Å². The van der Waals surface area contributed by atoms with Crippen molar-refractivity contribution < 1.29 is 13.9 Å². The number of aliphatic hydroxyl groups is 1. The molecule has 5 nitrogen and oxygen atoms in total. The molecule has 2 rings (SSSR count). The molecule has 0 aliphatic rings. The fraction of sp³-hybridized carbons (Fsp3) is 0.353. The quantitative estimate of drug-likeness (QED) is 0.565. The topological polar surface area (TPSA) is 69.8 Å². The van der Waals surface area contributed by atoms with E-state index in [9.17, 15) is 9.50 Å². The van der Waals surface area contributed by atoms with Crippen LogP contribution in [0.3, 0.4) is 0 Å². The molecule has 1 aromatic heterocycles. The van der Waals surface area contributed by atoms with Crippen LogP contribution in [-0.2, 0) is 12.1 Å². The molecule has 1 heterocycles. The molecule has 23 heavy (non-hydrogen) atoms. The molecule has 2 aromatic rings. The Kier molecular flexibility index (Phi) is 5.76. The smallest absolute Gasteiger partial charge is 0.191 e. The van der Waals surface area contributed by atoms with E-state index in [1.54, 1.807) is 37.3 Å². The maximum atomic E-state index is 13.6. The summed E-state index contributed by atoms with van der Waals surface area (Å²) in [7, 11) is 0. The molecule has 1 atom stereocenters. The molecule has 1 aromatic carbocycles. The Balaban J connectivity index is 2.01. The van der Waals surface area contributed by atoms with Gasteiger partial charge in [-0.2, -0.15) is 0 Å². The Morgan fingerprint density at radius 3 is 2.70 bits per heavy atom. The van der Waals surface area contributed by atoms with Gasteiger partial charge in [0.25, 0.3) is 0 Å². The number of rotatable bonds is 6. The first-order chi connectivity index (χ1) is 11.0. The van der Waals surface area contributed by atoms with Crippen LogP contribution >= 0.6 is 0 Å². The van der Waals surface area contributed by atoms with Crippen LogP contribution in [-0.4, -0.2) is 24.2 Å². The van der Waals surface area contributed by atoms with Gasteiger partial charge < -0.3 is 20.2 Å². The van der Waals surface area contributed by atoms with Gasteiger partial charge >= 0.3 is 0 Å². The lowest BCUT2D eigenvalue weighted by Crippen LogP contribution is -2.44. The van der Waals surface area contributed by atoms with Crippen molar-refractivity contribution in [3.05, 3.63) is 59.8 Å². The van der Waals surface area contributed by atoms with Crippen LogP contribution < -0.4 is 10.6 Å². The second kappa shape index (κ2) is 7.78. The molecule has 0 aliphatic heterocycles. The van der Waals surface area contributed by atoms with Crippen LogP contribution in [0.5, 0.6) is 0 Å². The van der Waals surface area contributed by atoms with Crippen LogP contribution in [0, 0.1) is 5.82 Å². The van der Waals surface area contributed by atoms with E-state index in [1.165, 1.54) is 12.3 Å². The number of nitrogens with zero attached hydrogens (tertiary/aromatic N) is 1. The summed E-state index contributed by atoms with van der Waals surface area (Å²) in [6.45, 7) is 4.67. The summed E-state index contributed by atoms with van der Waals surface area (Å²) in [5, 5.41) is 16.5. The summed E-state index contributed by atoms with van der Waals surface area (Å²) in [6.07, 6.45) is 1.52. The van der Waals surface area contributed by atoms with Crippen molar-refractivity contribution in [1.29, 1.82) is 0 Å². The highest BCUT2D eigenvalue weighted by Gasteiger charge is 2.26. The fourth-order valence-corrected chi connectivity index (χ4v) is 2.06. The highest BCUT2D eigenvalue weighted by molar-refractivity contribution is 5.79. The molecule has 6 heteroatoms. The third-order valence-corrected chi connectivity index (χ3v) is 3.36. The third-order valence-electron chi connectivity index (χ3n) is 3.36. The second-order valence-electron chi connectivity index (χ2n) is 5.39. The average Bonchev–Trinajstić information content (AvgIpc) is 3.07. The van der Waals surface area contributed by atoms with Gasteiger partial charge in [-0.15, -0.1) is 0 Å². The van der Waals surface area contributed by atoms with Crippen LogP contribution in [0.2, 0.25) is 0 Å². The van der Waals surface area contributed by atoms with Crippen molar-refractivity contribution in [2.24, 2.45) is 4.99 Å². The Morgan fingerprint density at radius 1 is 1.26 bits per heavy atom. The highest BCUT2D eigenvalue weighted by Crippen LogP contribution is 2.19. The molecule has 0 fully saturated rings. The summed E-state index contributed by atoms with van der Waals surface area (Å²) >= 11 is 0. The maximum Gasteiger partial charge on any atom is 0.191 e. The normalized spacial score (nSPS) is 14.3. The summed E-state index contributed by atoms with van der Waals surface area (Å²) < 4.78 is 18.9. The summed E-state index contributed by atoms with van der Waals surface area (Å²) in [5.74, 6) is 0.687. The molecule has 0 saturated heterocycles. The predicted octanol–water partition coefficient (Wildman–Crippen LogP) is 2.38. The number of aliphatic imine (C=N–C) groups is 1. The predicted molar refractivity (Wildman–Crippen MR) is 87.5 cm³/mol. The van der Waals surface area contributed by atoms with Gasteiger partial charge in [-0.05, 0) is 32.0 Å². The average molecular weight is 319 g/mol. The van der Waals surface area contributed by atoms with Gasteiger partial charge in [0.05, 0.1) is 19.4 Å². The Bertz CT molecular complexity index is 639. The third kappa shape index (κ3) is 4.82. The van der Waals surface area contributed by atoms with Gasteiger partial charge in [-0.3, -0.25) is 0 Å². The molecule has 0 spiro atoms. The van der Waals surface area contributed by atoms with E-state index >= 15 is 0 Å². The van der Waals surface area contributed by atoms with Crippen LogP contribution in [0.15, 0.2) is 52.1 Å². The minimum absolute atomic E-state index is 0.212. The number of benzene rings is 1. The first kappa shape index (κ1) is 17.0. The maximum absolute atomic E-state index is 13.6. The SMILES string of the molecule is CCNC(=NCc1ccccc1F)NCC(C)(O)c1ccco1. The number of furan rings is 1. The fourth-order valence-electron chi connectivity index (χ4n) is 2.06. The number of guanidine groups is 1. The van der Waals surface area contributed by atoms with Gasteiger partial charge in [0.15, 0.2) is 5.96 Å². The van der Waals surface area contributed by atoms with Crippen molar-refractivity contribution in [2.45, 2.75) is 26.0 Å². The van der Waals surface area contributed by atoms with Crippen molar-refractivity contribution in [3.8, 4) is 0 Å². The van der Waals surface area contributed by atoms with Crippen molar-refractivity contribution in [3.63, 3.8) is 0 Å². The lowest BCUT2D eigenvalue weighted by molar-refractivity contribution is 0.0386. The Morgan fingerprint density at radius 2 is 2.04 bits per heavy atom. The Hall–Kier alpha value is -2.34. The molecule has 124 valence electrons. The molecule has 0 amide bonds. The summed E-state index contributed by atoms with van der Waals surface area (Å²) in [6, 6.07) is 9.96. The zero-order chi connectivity index (χ0) is 16.7. The lowest BCUT2D eigenvalue weighted by Gasteiger charge is -2.22. The van der Waals surface area contributed by atoms with Gasteiger partial charge in [-0.25, -0.2) is 9.38 Å². The summed E-state index contributed by atoms with van der Waals surface area (Å²) in [5.41, 5.74) is -0.653. The van der Waals surface area contributed by atoms with Crippen LogP contribution in [0.4, 0.5) is 4.39 Å². The number of halogens is 1. The van der Waals surface area contributed by atoms with Crippen molar-refractivity contribution in [1.82, 2.24) is 10.6 Å². The first-order valence-electron chi connectivity index (χ1n) is 7.55. The number of hydrogen-bond acceptors (Lipinski definition) is 3. The van der Waals surface area contributed by atoms with E-state index in [0.29, 0.717) is 23.8 Å². The molecule has 3 N–H and O–H groups in total. The molecule has 0 radical (unpaired) electrons. The minimum atomic E-state index is -1.17. The second-order valence-corrected chi connectivity index (χ2v) is 5.39. The van der Waals surface area contributed by atoms with E-state index in [2.05, 4.69) is 15.6 Å². The number of hydrogen-bond donors (Lipinski definition) is 3. The van der Waals surface area contributed by atoms with E-state index < -0.39 is 5.60 Å². The summed E-state index contributed by atoms with van der Waals surface area (Å²) in [4.78, 5) is 4.34. The highest BCUT2D eigenvalue weighted by atomic mass is 19.1. The molecule has 0 aliphatic carbocycles. The van der Waals surface area contributed by atoms with E-state index in [1.807, 2.05) is 6.92 Å². The molecule has 0 bridgehead atoms. The van der Waals surface area contributed by atoms with Crippen molar-refractivity contribution >= 4 is 5.96 Å². The van der Waals surface area contributed by atoms with Crippen LogP contribution in [0.25, 0.3) is 0 Å². The van der Waals surface area contributed by atoms with E-state index in [0.717, 1.165) is 0 Å². The lowest BCUT2D eigenvalue weighted by atomic mass is 10.0. The largest absolute Gasteiger partial charge is 0.466 e. The molecule has 0 saturated carbocycles. The number of nitrogens with one attached hydrogen (secondary N) is 2. The molecular formula is C17H22FN3O2. The zero-order valence-electron chi connectivity index (χ0n) is 13.3. The monoisotopic (exact) mass is 319 g/mol. The van der Waals surface area contributed by atoms with E-state index in [-0.39, 0.29) is 18.9 Å². The molecular weight excluding hydrogens is 297 g/mol. The molecule has 1 unspecified atom stereocenters. The van der Waals surface area contributed by atoms with Gasteiger partial charge in [0, 0.05) is 12.1 Å². The zero-order valence-corrected chi connectivity index (χ0v) is 13.3. The Labute approximate surface area is 135 Å². The van der Waals surface area contributed by atoms with E-state index in [4.69, 9.17) is 4.42 Å². The van der Waals surface area contributed by atoms with Crippen LogP contribution in [0.1, 0.15) is 25.2 Å². The van der Waals surface area contributed by atoms with Crippen molar-refractivity contribution in [2.75, 3.05) is 13.1 Å². The van der Waals surface area contributed by atoms with Gasteiger partial charge in [0.1, 0.15) is 17.2 Å². The minimum Gasteiger partial charge on any atom is -0.466 e. The first-order valence-corrected chi connectivity index (χ1v) is 7.55. The van der Waals surface area contributed by atoms with Gasteiger partial charge in [0.2, 0.25) is 0 Å².